The van der Waals surface area contributed by atoms with E-state index in [4.69, 9.17) is 5.11 Å². The van der Waals surface area contributed by atoms with E-state index in [0.717, 1.165) is 29.4 Å². The first kappa shape index (κ1) is 16.6. The maximum Gasteiger partial charge on any atom is 0.124 e. The second kappa shape index (κ2) is 7.36. The van der Waals surface area contributed by atoms with Crippen molar-refractivity contribution < 1.29 is 9.50 Å². The summed E-state index contributed by atoms with van der Waals surface area (Å²) < 4.78 is 13.8. The van der Waals surface area contributed by atoms with Gasteiger partial charge in [-0.05, 0) is 42.9 Å². The van der Waals surface area contributed by atoms with Gasteiger partial charge in [-0.3, -0.25) is 0 Å². The van der Waals surface area contributed by atoms with E-state index in [1.54, 1.807) is 6.07 Å². The van der Waals surface area contributed by atoms with Gasteiger partial charge in [-0.1, -0.05) is 35.8 Å². The molecule has 4 heteroatoms. The van der Waals surface area contributed by atoms with Crippen LogP contribution in [0.15, 0.2) is 22.7 Å². The van der Waals surface area contributed by atoms with E-state index in [2.05, 4.69) is 42.0 Å². The van der Waals surface area contributed by atoms with Gasteiger partial charge in [-0.25, -0.2) is 4.39 Å². The van der Waals surface area contributed by atoms with Gasteiger partial charge >= 0.3 is 0 Å². The highest BCUT2D eigenvalue weighted by Gasteiger charge is 2.19. The highest BCUT2D eigenvalue weighted by atomic mass is 79.9. The maximum atomic E-state index is 13.1. The van der Waals surface area contributed by atoms with Gasteiger partial charge in [0.2, 0.25) is 0 Å². The van der Waals surface area contributed by atoms with Gasteiger partial charge in [0.1, 0.15) is 5.82 Å². The molecule has 1 atom stereocenters. The molecule has 0 spiro atoms. The smallest absolute Gasteiger partial charge is 0.124 e. The molecule has 0 aliphatic heterocycles. The number of hydrogen-bond acceptors (Lipinski definition) is 2. The number of aliphatic hydroxyl groups excluding tert-OH is 1. The van der Waals surface area contributed by atoms with E-state index in [9.17, 15) is 4.39 Å². The van der Waals surface area contributed by atoms with Crippen LogP contribution in [0.25, 0.3) is 0 Å². The molecule has 0 heterocycles. The molecular weight excluding hydrogens is 309 g/mol. The van der Waals surface area contributed by atoms with Crippen LogP contribution in [0.2, 0.25) is 0 Å². The van der Waals surface area contributed by atoms with Crippen LogP contribution in [0.3, 0.4) is 0 Å². The Hall–Kier alpha value is -0.450. The SMILES string of the molecule is CC(NCC(C)(C)CCCO)c1ccc(F)cc1Br. The van der Waals surface area contributed by atoms with Crippen LogP contribution >= 0.6 is 15.9 Å². The molecule has 1 rings (SSSR count). The van der Waals surface area contributed by atoms with Crippen molar-refractivity contribution in [3.63, 3.8) is 0 Å². The van der Waals surface area contributed by atoms with E-state index in [1.165, 1.54) is 12.1 Å². The van der Waals surface area contributed by atoms with Crippen molar-refractivity contribution in [2.75, 3.05) is 13.2 Å². The van der Waals surface area contributed by atoms with Crippen molar-refractivity contribution in [3.05, 3.63) is 34.1 Å². The molecule has 0 aliphatic carbocycles. The molecule has 0 saturated carbocycles. The molecule has 1 aromatic carbocycles. The van der Waals surface area contributed by atoms with Gasteiger partial charge in [0.15, 0.2) is 0 Å². The molecule has 0 aromatic heterocycles. The van der Waals surface area contributed by atoms with Gasteiger partial charge in [-0.15, -0.1) is 0 Å². The molecule has 19 heavy (non-hydrogen) atoms. The third-order valence-corrected chi connectivity index (χ3v) is 4.01. The number of hydrogen-bond donors (Lipinski definition) is 2. The molecule has 0 radical (unpaired) electrons. The predicted octanol–water partition coefficient (Wildman–Crippen LogP) is 4.04. The summed E-state index contributed by atoms with van der Waals surface area (Å²) in [5.74, 6) is -0.230. The lowest BCUT2D eigenvalue weighted by molar-refractivity contribution is 0.233. The minimum Gasteiger partial charge on any atom is -0.396 e. The zero-order valence-electron chi connectivity index (χ0n) is 11.8. The van der Waals surface area contributed by atoms with Crippen LogP contribution in [0.1, 0.15) is 45.2 Å². The summed E-state index contributed by atoms with van der Waals surface area (Å²) in [5, 5.41) is 12.4. The molecule has 0 saturated heterocycles. The first-order valence-corrected chi connectivity index (χ1v) is 7.44. The Labute approximate surface area is 123 Å². The van der Waals surface area contributed by atoms with Gasteiger partial charge < -0.3 is 10.4 Å². The van der Waals surface area contributed by atoms with Crippen molar-refractivity contribution in [2.24, 2.45) is 5.41 Å². The molecule has 0 bridgehead atoms. The summed E-state index contributed by atoms with van der Waals surface area (Å²) in [4.78, 5) is 0. The van der Waals surface area contributed by atoms with E-state index < -0.39 is 0 Å². The number of aliphatic hydroxyl groups is 1. The minimum atomic E-state index is -0.230. The monoisotopic (exact) mass is 331 g/mol. The van der Waals surface area contributed by atoms with Crippen LogP contribution < -0.4 is 5.32 Å². The van der Waals surface area contributed by atoms with Crippen LogP contribution in [0, 0.1) is 11.2 Å². The largest absolute Gasteiger partial charge is 0.396 e. The zero-order valence-corrected chi connectivity index (χ0v) is 13.4. The molecule has 0 amide bonds. The first-order valence-electron chi connectivity index (χ1n) is 6.65. The normalized spacial score (nSPS) is 13.6. The number of rotatable bonds is 7. The lowest BCUT2D eigenvalue weighted by atomic mass is 9.87. The Morgan fingerprint density at radius 2 is 2.11 bits per heavy atom. The zero-order chi connectivity index (χ0) is 14.5. The van der Waals surface area contributed by atoms with Gasteiger partial charge in [0.25, 0.3) is 0 Å². The Balaban J connectivity index is 2.57. The average molecular weight is 332 g/mol. The number of nitrogens with one attached hydrogen (secondary N) is 1. The fourth-order valence-electron chi connectivity index (χ4n) is 2.04. The molecule has 1 aromatic rings. The summed E-state index contributed by atoms with van der Waals surface area (Å²) in [5.41, 5.74) is 1.20. The molecular formula is C15H23BrFNO. The lowest BCUT2D eigenvalue weighted by Gasteiger charge is -2.27. The fraction of sp³-hybridized carbons (Fsp3) is 0.600. The molecule has 2 N–H and O–H groups in total. The Morgan fingerprint density at radius 3 is 2.68 bits per heavy atom. The van der Waals surface area contributed by atoms with E-state index in [-0.39, 0.29) is 23.9 Å². The standard InChI is InChI=1S/C15H23BrFNO/c1-11(13-6-5-12(17)9-14(13)16)18-10-15(2,3)7-4-8-19/h5-6,9,11,18-19H,4,7-8,10H2,1-3H3. The molecule has 108 valence electrons. The van der Waals surface area contributed by atoms with Crippen LogP contribution in [0.4, 0.5) is 4.39 Å². The predicted molar refractivity (Wildman–Crippen MR) is 80.6 cm³/mol. The number of halogens is 2. The van der Waals surface area contributed by atoms with Crippen molar-refractivity contribution in [3.8, 4) is 0 Å². The van der Waals surface area contributed by atoms with Gasteiger partial charge in [-0.2, -0.15) is 0 Å². The summed E-state index contributed by atoms with van der Waals surface area (Å²) in [6.45, 7) is 7.53. The summed E-state index contributed by atoms with van der Waals surface area (Å²) >= 11 is 3.40. The van der Waals surface area contributed by atoms with E-state index in [1.807, 2.05) is 0 Å². The van der Waals surface area contributed by atoms with Crippen molar-refractivity contribution in [1.29, 1.82) is 0 Å². The van der Waals surface area contributed by atoms with E-state index in [0.29, 0.717) is 0 Å². The van der Waals surface area contributed by atoms with Crippen molar-refractivity contribution in [2.45, 2.75) is 39.7 Å². The maximum absolute atomic E-state index is 13.1. The van der Waals surface area contributed by atoms with E-state index >= 15 is 0 Å². The molecule has 2 nitrogen and oxygen atoms in total. The van der Waals surface area contributed by atoms with Gasteiger partial charge in [0, 0.05) is 23.7 Å². The third-order valence-electron chi connectivity index (χ3n) is 3.33. The topological polar surface area (TPSA) is 32.3 Å². The lowest BCUT2D eigenvalue weighted by Crippen LogP contribution is -2.31. The second-order valence-electron chi connectivity index (χ2n) is 5.76. The van der Waals surface area contributed by atoms with Crippen molar-refractivity contribution >= 4 is 15.9 Å². The first-order chi connectivity index (χ1) is 8.85. The van der Waals surface area contributed by atoms with Crippen LogP contribution in [-0.2, 0) is 0 Å². The summed E-state index contributed by atoms with van der Waals surface area (Å²) in [7, 11) is 0. The van der Waals surface area contributed by atoms with Crippen LogP contribution in [-0.4, -0.2) is 18.3 Å². The highest BCUT2D eigenvalue weighted by molar-refractivity contribution is 9.10. The Kier molecular flexibility index (Phi) is 6.43. The Morgan fingerprint density at radius 1 is 1.42 bits per heavy atom. The Bertz CT molecular complexity index is 409. The van der Waals surface area contributed by atoms with Crippen LogP contribution in [0.5, 0.6) is 0 Å². The highest BCUT2D eigenvalue weighted by Crippen LogP contribution is 2.26. The number of benzene rings is 1. The summed E-state index contributed by atoms with van der Waals surface area (Å²) in [6.07, 6.45) is 1.80. The fourth-order valence-corrected chi connectivity index (χ4v) is 2.73. The average Bonchev–Trinajstić information content (AvgIpc) is 2.34. The summed E-state index contributed by atoms with van der Waals surface area (Å²) in [6, 6.07) is 4.93. The minimum absolute atomic E-state index is 0.142. The quantitative estimate of drug-likeness (QED) is 0.790. The third kappa shape index (κ3) is 5.59. The van der Waals surface area contributed by atoms with Gasteiger partial charge in [0.05, 0.1) is 0 Å². The van der Waals surface area contributed by atoms with Crippen molar-refractivity contribution in [1.82, 2.24) is 5.32 Å². The second-order valence-corrected chi connectivity index (χ2v) is 6.61. The molecule has 0 fully saturated rings. The molecule has 1 unspecified atom stereocenters. The molecule has 0 aliphatic rings.